The Labute approximate surface area is 112 Å². The zero-order valence-corrected chi connectivity index (χ0v) is 11.1. The number of benzene rings is 1. The molecule has 19 heavy (non-hydrogen) atoms. The molecule has 2 rings (SSSR count). The van der Waals surface area contributed by atoms with Crippen molar-refractivity contribution in [2.24, 2.45) is 7.05 Å². The summed E-state index contributed by atoms with van der Waals surface area (Å²) in [6.07, 6.45) is 4.18. The first-order valence-electron chi connectivity index (χ1n) is 6.08. The van der Waals surface area contributed by atoms with E-state index in [2.05, 4.69) is 4.98 Å². The molecule has 1 aromatic heterocycles. The quantitative estimate of drug-likeness (QED) is 0.670. The summed E-state index contributed by atoms with van der Waals surface area (Å²) in [5.41, 5.74) is 7.63. The second-order valence-corrected chi connectivity index (χ2v) is 4.36. The molecule has 2 N–H and O–H groups in total. The number of nitrogen functional groups attached to an aromatic ring is 1. The number of hydrogen-bond donors (Lipinski definition) is 1. The lowest BCUT2D eigenvalue weighted by Crippen LogP contribution is -2.12. The molecule has 0 aliphatic carbocycles. The van der Waals surface area contributed by atoms with Gasteiger partial charge in [-0.05, 0) is 24.6 Å². The first kappa shape index (κ1) is 13.1. The van der Waals surface area contributed by atoms with Crippen molar-refractivity contribution in [2.45, 2.75) is 13.3 Å². The molecule has 0 aliphatic rings. The van der Waals surface area contributed by atoms with Gasteiger partial charge < -0.3 is 15.0 Å². The van der Waals surface area contributed by atoms with E-state index in [-0.39, 0.29) is 5.97 Å². The van der Waals surface area contributed by atoms with Crippen LogP contribution in [0.1, 0.15) is 21.7 Å². The third-order valence-corrected chi connectivity index (χ3v) is 3.08. The summed E-state index contributed by atoms with van der Waals surface area (Å²) in [5.74, 6) is 0.538. The number of aromatic nitrogens is 2. The molecule has 1 aromatic carbocycles. The Morgan fingerprint density at radius 1 is 1.47 bits per heavy atom. The van der Waals surface area contributed by atoms with Crippen LogP contribution in [0.2, 0.25) is 0 Å². The van der Waals surface area contributed by atoms with Gasteiger partial charge in [-0.25, -0.2) is 9.78 Å². The van der Waals surface area contributed by atoms with E-state index in [1.54, 1.807) is 24.4 Å². The summed E-state index contributed by atoms with van der Waals surface area (Å²) in [6, 6.07) is 5.23. The SMILES string of the molecule is Cc1c(N)cccc1C(=O)OCCc1nccn1C. The largest absolute Gasteiger partial charge is 0.462 e. The van der Waals surface area contributed by atoms with Gasteiger partial charge in [0.15, 0.2) is 0 Å². The standard InChI is InChI=1S/C14H17N3O2/c1-10-11(4-3-5-12(10)15)14(18)19-9-6-13-16-7-8-17(13)2/h3-5,7-8H,6,9,15H2,1-2H3. The fourth-order valence-corrected chi connectivity index (χ4v) is 1.82. The van der Waals surface area contributed by atoms with Crippen LogP contribution in [0.5, 0.6) is 0 Å². The molecule has 1 heterocycles. The summed E-state index contributed by atoms with van der Waals surface area (Å²) >= 11 is 0. The third-order valence-electron chi connectivity index (χ3n) is 3.08. The molecule has 5 heteroatoms. The van der Waals surface area contributed by atoms with Crippen LogP contribution in [-0.2, 0) is 18.2 Å². The first-order valence-corrected chi connectivity index (χ1v) is 6.08. The Morgan fingerprint density at radius 3 is 2.95 bits per heavy atom. The molecular weight excluding hydrogens is 242 g/mol. The van der Waals surface area contributed by atoms with Gasteiger partial charge in [-0.15, -0.1) is 0 Å². The van der Waals surface area contributed by atoms with Crippen molar-refractivity contribution < 1.29 is 9.53 Å². The van der Waals surface area contributed by atoms with Gasteiger partial charge in [-0.1, -0.05) is 6.07 Å². The van der Waals surface area contributed by atoms with E-state index in [0.29, 0.717) is 24.3 Å². The molecule has 0 saturated carbocycles. The number of rotatable bonds is 4. The fraction of sp³-hybridized carbons (Fsp3) is 0.286. The van der Waals surface area contributed by atoms with Gasteiger partial charge in [-0.3, -0.25) is 0 Å². The van der Waals surface area contributed by atoms with E-state index in [0.717, 1.165) is 11.4 Å². The van der Waals surface area contributed by atoms with Crippen LogP contribution in [0.15, 0.2) is 30.6 Å². The number of nitrogens with zero attached hydrogens (tertiary/aromatic N) is 2. The number of ether oxygens (including phenoxy) is 1. The molecule has 0 saturated heterocycles. The Morgan fingerprint density at radius 2 is 2.26 bits per heavy atom. The number of nitrogens with two attached hydrogens (primary N) is 1. The fourth-order valence-electron chi connectivity index (χ4n) is 1.82. The van der Waals surface area contributed by atoms with Crippen molar-refractivity contribution in [3.8, 4) is 0 Å². The van der Waals surface area contributed by atoms with E-state index in [1.165, 1.54) is 0 Å². The summed E-state index contributed by atoms with van der Waals surface area (Å²) in [7, 11) is 1.91. The minimum absolute atomic E-state index is 0.303. The number of anilines is 1. The average molecular weight is 259 g/mol. The molecule has 0 bridgehead atoms. The highest BCUT2D eigenvalue weighted by Gasteiger charge is 2.12. The second-order valence-electron chi connectivity index (χ2n) is 4.36. The predicted octanol–water partition coefficient (Wildman–Crippen LogP) is 1.71. The minimum atomic E-state index is -0.348. The van der Waals surface area contributed by atoms with Crippen molar-refractivity contribution in [1.29, 1.82) is 0 Å². The monoisotopic (exact) mass is 259 g/mol. The molecule has 0 fully saturated rings. The lowest BCUT2D eigenvalue weighted by Gasteiger charge is -2.08. The molecule has 0 amide bonds. The van der Waals surface area contributed by atoms with Crippen molar-refractivity contribution in [3.05, 3.63) is 47.5 Å². The normalized spacial score (nSPS) is 10.4. The van der Waals surface area contributed by atoms with Crippen molar-refractivity contribution in [1.82, 2.24) is 9.55 Å². The molecule has 100 valence electrons. The summed E-state index contributed by atoms with van der Waals surface area (Å²) < 4.78 is 7.15. The van der Waals surface area contributed by atoms with Crippen LogP contribution < -0.4 is 5.73 Å². The van der Waals surface area contributed by atoms with E-state index in [9.17, 15) is 4.79 Å². The zero-order valence-electron chi connectivity index (χ0n) is 11.1. The maximum absolute atomic E-state index is 11.9. The van der Waals surface area contributed by atoms with Gasteiger partial charge in [0, 0.05) is 31.5 Å². The second kappa shape index (κ2) is 5.56. The van der Waals surface area contributed by atoms with Crippen LogP contribution in [0.25, 0.3) is 0 Å². The summed E-state index contributed by atoms with van der Waals surface area (Å²) in [4.78, 5) is 16.1. The molecule has 0 spiro atoms. The number of carbonyl (C=O) groups is 1. The number of hydrogen-bond acceptors (Lipinski definition) is 4. The molecule has 5 nitrogen and oxygen atoms in total. The van der Waals surface area contributed by atoms with Crippen LogP contribution in [0.3, 0.4) is 0 Å². The maximum atomic E-state index is 11.9. The van der Waals surface area contributed by atoms with Gasteiger partial charge in [-0.2, -0.15) is 0 Å². The molecule has 0 aliphatic heterocycles. The molecule has 0 atom stereocenters. The maximum Gasteiger partial charge on any atom is 0.338 e. The highest BCUT2D eigenvalue weighted by molar-refractivity contribution is 5.92. The van der Waals surface area contributed by atoms with Gasteiger partial charge in [0.1, 0.15) is 5.82 Å². The summed E-state index contributed by atoms with van der Waals surface area (Å²) in [5, 5.41) is 0. The van der Waals surface area contributed by atoms with Gasteiger partial charge in [0.05, 0.1) is 12.2 Å². The van der Waals surface area contributed by atoms with Crippen LogP contribution >= 0.6 is 0 Å². The van der Waals surface area contributed by atoms with Gasteiger partial charge >= 0.3 is 5.97 Å². The molecule has 0 radical (unpaired) electrons. The van der Waals surface area contributed by atoms with Gasteiger partial charge in [0.2, 0.25) is 0 Å². The lowest BCUT2D eigenvalue weighted by molar-refractivity contribution is 0.0506. The number of esters is 1. The smallest absolute Gasteiger partial charge is 0.338 e. The average Bonchev–Trinajstić information content (AvgIpc) is 2.78. The number of imidazole rings is 1. The number of aryl methyl sites for hydroxylation is 1. The predicted molar refractivity (Wildman–Crippen MR) is 72.8 cm³/mol. The molecule has 2 aromatic rings. The van der Waals surface area contributed by atoms with E-state index < -0.39 is 0 Å². The third kappa shape index (κ3) is 2.93. The Bertz CT molecular complexity index is 590. The Hall–Kier alpha value is -2.30. The van der Waals surface area contributed by atoms with Crippen molar-refractivity contribution >= 4 is 11.7 Å². The van der Waals surface area contributed by atoms with E-state index in [1.807, 2.05) is 24.7 Å². The Balaban J connectivity index is 1.95. The lowest BCUT2D eigenvalue weighted by atomic mass is 10.1. The van der Waals surface area contributed by atoms with E-state index >= 15 is 0 Å². The highest BCUT2D eigenvalue weighted by atomic mass is 16.5. The van der Waals surface area contributed by atoms with Crippen LogP contribution in [-0.4, -0.2) is 22.1 Å². The highest BCUT2D eigenvalue weighted by Crippen LogP contribution is 2.16. The topological polar surface area (TPSA) is 70.1 Å². The zero-order chi connectivity index (χ0) is 13.8. The Kier molecular flexibility index (Phi) is 3.85. The van der Waals surface area contributed by atoms with E-state index in [4.69, 9.17) is 10.5 Å². The molecule has 0 unspecified atom stereocenters. The van der Waals surface area contributed by atoms with Crippen LogP contribution in [0.4, 0.5) is 5.69 Å². The number of carbonyl (C=O) groups excluding carboxylic acids is 1. The van der Waals surface area contributed by atoms with Crippen molar-refractivity contribution in [2.75, 3.05) is 12.3 Å². The minimum Gasteiger partial charge on any atom is -0.462 e. The van der Waals surface area contributed by atoms with Crippen LogP contribution in [0, 0.1) is 6.92 Å². The molecular formula is C14H17N3O2. The van der Waals surface area contributed by atoms with Gasteiger partial charge in [0.25, 0.3) is 0 Å². The van der Waals surface area contributed by atoms with Crippen molar-refractivity contribution in [3.63, 3.8) is 0 Å². The summed E-state index contributed by atoms with van der Waals surface area (Å²) in [6.45, 7) is 2.11. The first-order chi connectivity index (χ1) is 9.09.